The van der Waals surface area contributed by atoms with Crippen LogP contribution in [-0.2, 0) is 9.59 Å². The summed E-state index contributed by atoms with van der Waals surface area (Å²) < 4.78 is 5.12. The van der Waals surface area contributed by atoms with Crippen LogP contribution in [0.3, 0.4) is 0 Å². The second-order valence-corrected chi connectivity index (χ2v) is 5.67. The Balaban J connectivity index is 1.91. The number of anilines is 1. The molecule has 0 unspecified atom stereocenters. The number of nitrogens with one attached hydrogen (secondary N) is 2. The smallest absolute Gasteiger partial charge is 0.329 e. The number of hydrogen-bond acceptors (Lipinski definition) is 4. The molecule has 0 atom stereocenters. The van der Waals surface area contributed by atoms with Gasteiger partial charge >= 0.3 is 11.8 Å². The second kappa shape index (κ2) is 8.63. The van der Waals surface area contributed by atoms with Crippen LogP contribution in [0, 0.1) is 0 Å². The molecule has 2 rings (SSSR count). The molecule has 0 aliphatic carbocycles. The summed E-state index contributed by atoms with van der Waals surface area (Å²) in [7, 11) is 1.49. The molecule has 0 radical (unpaired) electrons. The van der Waals surface area contributed by atoms with E-state index in [0.29, 0.717) is 17.4 Å². The molecular weight excluding hydrogens is 318 g/mol. The van der Waals surface area contributed by atoms with Crippen LogP contribution in [0.2, 0.25) is 0 Å². The summed E-state index contributed by atoms with van der Waals surface area (Å²) in [5.41, 5.74) is 4.67. The van der Waals surface area contributed by atoms with Crippen LogP contribution in [0.5, 0.6) is 5.75 Å². The maximum Gasteiger partial charge on any atom is 0.329 e. The largest absolute Gasteiger partial charge is 0.495 e. The third-order valence-electron chi connectivity index (χ3n) is 3.54. The minimum Gasteiger partial charge on any atom is -0.495 e. The number of para-hydroxylation sites is 2. The Labute approximate surface area is 146 Å². The predicted molar refractivity (Wildman–Crippen MR) is 97.9 cm³/mol. The fourth-order valence-corrected chi connectivity index (χ4v) is 2.11. The monoisotopic (exact) mass is 339 g/mol. The maximum absolute atomic E-state index is 11.9. The van der Waals surface area contributed by atoms with E-state index in [0.717, 1.165) is 5.56 Å². The summed E-state index contributed by atoms with van der Waals surface area (Å²) in [5, 5.41) is 6.28. The minimum absolute atomic E-state index is 0.415. The van der Waals surface area contributed by atoms with Crippen molar-refractivity contribution in [3.63, 3.8) is 0 Å². The van der Waals surface area contributed by atoms with Crippen molar-refractivity contribution in [2.75, 3.05) is 12.4 Å². The van der Waals surface area contributed by atoms with Crippen molar-refractivity contribution in [2.24, 2.45) is 5.10 Å². The van der Waals surface area contributed by atoms with Gasteiger partial charge in [-0.1, -0.05) is 50.2 Å². The second-order valence-electron chi connectivity index (χ2n) is 5.67. The van der Waals surface area contributed by atoms with Crippen LogP contribution >= 0.6 is 0 Å². The molecule has 0 spiro atoms. The zero-order valence-electron chi connectivity index (χ0n) is 14.4. The predicted octanol–water partition coefficient (Wildman–Crippen LogP) is 2.91. The van der Waals surface area contributed by atoms with Crippen LogP contribution in [0.25, 0.3) is 0 Å². The van der Waals surface area contributed by atoms with E-state index in [1.54, 1.807) is 24.3 Å². The topological polar surface area (TPSA) is 79.8 Å². The number of nitrogens with zero attached hydrogens (tertiary/aromatic N) is 1. The molecule has 0 aliphatic heterocycles. The van der Waals surface area contributed by atoms with Crippen molar-refractivity contribution in [3.05, 3.63) is 59.7 Å². The summed E-state index contributed by atoms with van der Waals surface area (Å²) in [6.07, 6.45) is 1.48. The van der Waals surface area contributed by atoms with Gasteiger partial charge in [0.15, 0.2) is 0 Å². The Kier molecular flexibility index (Phi) is 6.28. The minimum atomic E-state index is -0.860. The van der Waals surface area contributed by atoms with Crippen molar-refractivity contribution in [1.82, 2.24) is 5.43 Å². The number of carbonyl (C=O) groups excluding carboxylic acids is 2. The number of hydrogen-bond donors (Lipinski definition) is 2. The van der Waals surface area contributed by atoms with Gasteiger partial charge in [-0.2, -0.15) is 5.10 Å². The standard InChI is InChI=1S/C19H21N3O3/c1-13(2)15-10-8-14(9-11-15)12-20-22-19(24)18(23)21-16-6-4-5-7-17(16)25-3/h4-13H,1-3H3,(H,21,23)(H,22,24)/b20-12-. The number of amides is 2. The molecule has 2 amide bonds. The number of hydrazone groups is 1. The van der Waals surface area contributed by atoms with Crippen LogP contribution in [-0.4, -0.2) is 25.1 Å². The van der Waals surface area contributed by atoms with E-state index in [1.807, 2.05) is 24.3 Å². The molecular formula is C19H21N3O3. The third-order valence-corrected chi connectivity index (χ3v) is 3.54. The van der Waals surface area contributed by atoms with Gasteiger partial charge in [0, 0.05) is 0 Å². The van der Waals surface area contributed by atoms with Crippen molar-refractivity contribution >= 4 is 23.7 Å². The van der Waals surface area contributed by atoms with Crippen molar-refractivity contribution in [3.8, 4) is 5.75 Å². The number of methoxy groups -OCH3 is 1. The molecule has 0 aromatic heterocycles. The number of benzene rings is 2. The number of carbonyl (C=O) groups is 2. The van der Waals surface area contributed by atoms with E-state index in [-0.39, 0.29) is 0 Å². The van der Waals surface area contributed by atoms with Gasteiger partial charge in [-0.3, -0.25) is 9.59 Å². The Morgan fingerprint density at radius 1 is 1.04 bits per heavy atom. The van der Waals surface area contributed by atoms with Crippen LogP contribution in [0.4, 0.5) is 5.69 Å². The first-order chi connectivity index (χ1) is 12.0. The summed E-state index contributed by atoms with van der Waals surface area (Å²) >= 11 is 0. The first-order valence-corrected chi connectivity index (χ1v) is 7.88. The van der Waals surface area contributed by atoms with Gasteiger partial charge in [0.2, 0.25) is 0 Å². The molecule has 0 heterocycles. The molecule has 25 heavy (non-hydrogen) atoms. The Bertz CT molecular complexity index is 768. The summed E-state index contributed by atoms with van der Waals surface area (Å²) in [6, 6.07) is 14.6. The normalized spacial score (nSPS) is 10.7. The van der Waals surface area contributed by atoms with E-state index in [2.05, 4.69) is 29.7 Å². The van der Waals surface area contributed by atoms with Gasteiger partial charge in [0.1, 0.15) is 5.75 Å². The molecule has 130 valence electrons. The van der Waals surface area contributed by atoms with Gasteiger partial charge < -0.3 is 10.1 Å². The van der Waals surface area contributed by atoms with E-state index in [9.17, 15) is 9.59 Å². The Morgan fingerprint density at radius 2 is 1.72 bits per heavy atom. The zero-order chi connectivity index (χ0) is 18.2. The fraction of sp³-hybridized carbons (Fsp3) is 0.211. The molecule has 0 saturated heterocycles. The molecule has 2 aromatic carbocycles. The van der Waals surface area contributed by atoms with E-state index < -0.39 is 11.8 Å². The molecule has 6 heteroatoms. The summed E-state index contributed by atoms with van der Waals surface area (Å²) in [4.78, 5) is 23.7. The number of ether oxygens (including phenoxy) is 1. The molecule has 6 nitrogen and oxygen atoms in total. The van der Waals surface area contributed by atoms with E-state index in [1.165, 1.54) is 18.9 Å². The van der Waals surface area contributed by atoms with Crippen LogP contribution in [0.1, 0.15) is 30.9 Å². The lowest BCUT2D eigenvalue weighted by atomic mass is 10.0. The highest BCUT2D eigenvalue weighted by Crippen LogP contribution is 2.22. The lowest BCUT2D eigenvalue weighted by Gasteiger charge is -2.08. The zero-order valence-corrected chi connectivity index (χ0v) is 14.4. The molecule has 0 saturated carbocycles. The molecule has 2 aromatic rings. The lowest BCUT2D eigenvalue weighted by molar-refractivity contribution is -0.136. The average Bonchev–Trinajstić information content (AvgIpc) is 2.62. The van der Waals surface area contributed by atoms with Crippen molar-refractivity contribution < 1.29 is 14.3 Å². The summed E-state index contributed by atoms with van der Waals surface area (Å²) in [6.45, 7) is 4.23. The fourth-order valence-electron chi connectivity index (χ4n) is 2.11. The molecule has 0 fully saturated rings. The average molecular weight is 339 g/mol. The lowest BCUT2D eigenvalue weighted by Crippen LogP contribution is -2.32. The van der Waals surface area contributed by atoms with E-state index >= 15 is 0 Å². The van der Waals surface area contributed by atoms with Gasteiger partial charge in [-0.25, -0.2) is 5.43 Å². The van der Waals surface area contributed by atoms with Gasteiger partial charge in [-0.15, -0.1) is 0 Å². The summed E-state index contributed by atoms with van der Waals surface area (Å²) in [5.74, 6) is -0.764. The first kappa shape index (κ1) is 18.2. The molecule has 2 N–H and O–H groups in total. The number of rotatable bonds is 5. The van der Waals surface area contributed by atoms with Crippen molar-refractivity contribution in [2.45, 2.75) is 19.8 Å². The van der Waals surface area contributed by atoms with Gasteiger partial charge in [0.05, 0.1) is 19.0 Å². The third kappa shape index (κ3) is 5.17. The SMILES string of the molecule is COc1ccccc1NC(=O)C(=O)N/N=C\c1ccc(C(C)C)cc1. The quantitative estimate of drug-likeness (QED) is 0.499. The van der Waals surface area contributed by atoms with Gasteiger partial charge in [0.25, 0.3) is 0 Å². The molecule has 0 aliphatic rings. The highest BCUT2D eigenvalue weighted by atomic mass is 16.5. The van der Waals surface area contributed by atoms with E-state index in [4.69, 9.17) is 4.74 Å². The highest BCUT2D eigenvalue weighted by Gasteiger charge is 2.14. The van der Waals surface area contributed by atoms with Crippen molar-refractivity contribution in [1.29, 1.82) is 0 Å². The first-order valence-electron chi connectivity index (χ1n) is 7.88. The van der Waals surface area contributed by atoms with Crippen LogP contribution < -0.4 is 15.5 Å². The van der Waals surface area contributed by atoms with Crippen LogP contribution in [0.15, 0.2) is 53.6 Å². The maximum atomic E-state index is 11.9. The Morgan fingerprint density at radius 3 is 2.36 bits per heavy atom. The Hall–Kier alpha value is -3.15. The molecule has 0 bridgehead atoms. The highest BCUT2D eigenvalue weighted by molar-refractivity contribution is 6.39. The van der Waals surface area contributed by atoms with Gasteiger partial charge in [-0.05, 0) is 29.2 Å².